The van der Waals surface area contributed by atoms with Crippen LogP contribution < -0.4 is 5.32 Å². The molecule has 2 aromatic carbocycles. The van der Waals surface area contributed by atoms with Crippen LogP contribution in [0.3, 0.4) is 0 Å². The molecule has 0 aliphatic heterocycles. The molecule has 0 fully saturated rings. The summed E-state index contributed by atoms with van der Waals surface area (Å²) in [5.41, 5.74) is 3.71. The number of nitrogens with one attached hydrogen (secondary N) is 1. The Kier molecular flexibility index (Phi) is 3.91. The molecule has 1 aliphatic carbocycles. The molecule has 1 atom stereocenters. The summed E-state index contributed by atoms with van der Waals surface area (Å²) in [6, 6.07) is 15.8. The van der Waals surface area contributed by atoms with E-state index in [-0.39, 0.29) is 6.04 Å². The smallest absolute Gasteiger partial charge is 0.337 e. The lowest BCUT2D eigenvalue weighted by Gasteiger charge is -2.21. The highest BCUT2D eigenvalue weighted by atomic mass is 16.4. The van der Waals surface area contributed by atoms with Gasteiger partial charge in [0.2, 0.25) is 0 Å². The Hall–Kier alpha value is -2.29. The molecule has 2 N–H and O–H groups in total. The van der Waals surface area contributed by atoms with Gasteiger partial charge in [-0.05, 0) is 42.5 Å². The van der Waals surface area contributed by atoms with Crippen LogP contribution in [0.5, 0.6) is 0 Å². The lowest BCUT2D eigenvalue weighted by Crippen LogP contribution is -2.14. The average Bonchev–Trinajstić information content (AvgIpc) is 2.70. The van der Waals surface area contributed by atoms with E-state index < -0.39 is 5.97 Å². The van der Waals surface area contributed by atoms with Gasteiger partial charge in [-0.2, -0.15) is 0 Å². The molecule has 0 aromatic heterocycles. The maximum absolute atomic E-state index is 11.3. The topological polar surface area (TPSA) is 49.3 Å². The molecule has 0 saturated carbocycles. The van der Waals surface area contributed by atoms with E-state index in [9.17, 15) is 9.90 Å². The lowest BCUT2D eigenvalue weighted by molar-refractivity contribution is 0.0698. The van der Waals surface area contributed by atoms with E-state index >= 15 is 0 Å². The summed E-state index contributed by atoms with van der Waals surface area (Å²) in [7, 11) is 0. The van der Waals surface area contributed by atoms with Crippen LogP contribution in [0.2, 0.25) is 0 Å². The number of carboxylic acid groups (broad SMARTS) is 1. The molecule has 0 saturated heterocycles. The van der Waals surface area contributed by atoms with Crippen molar-refractivity contribution in [3.8, 4) is 0 Å². The second-order valence-corrected chi connectivity index (χ2v) is 5.49. The van der Waals surface area contributed by atoms with Crippen molar-refractivity contribution in [3.63, 3.8) is 0 Å². The minimum absolute atomic E-state index is 0.184. The molecular weight excluding hydrogens is 262 g/mol. The first-order chi connectivity index (χ1) is 10.3. The van der Waals surface area contributed by atoms with Crippen LogP contribution in [-0.2, 0) is 6.42 Å². The van der Waals surface area contributed by atoms with Crippen molar-refractivity contribution in [1.82, 2.24) is 0 Å². The molecule has 1 aliphatic rings. The summed E-state index contributed by atoms with van der Waals surface area (Å²) in [6.45, 7) is 0. The molecule has 0 heterocycles. The van der Waals surface area contributed by atoms with Crippen molar-refractivity contribution in [3.05, 3.63) is 65.2 Å². The van der Waals surface area contributed by atoms with E-state index in [1.54, 1.807) is 12.1 Å². The average molecular weight is 281 g/mol. The summed E-state index contributed by atoms with van der Waals surface area (Å²) in [5, 5.41) is 12.8. The fraction of sp³-hybridized carbons (Fsp3) is 0.278. The van der Waals surface area contributed by atoms with Gasteiger partial charge in [-0.15, -0.1) is 0 Å². The third-order valence-electron chi connectivity index (χ3n) is 4.11. The number of aromatic carboxylic acids is 1. The van der Waals surface area contributed by atoms with Crippen molar-refractivity contribution in [1.29, 1.82) is 0 Å². The third-order valence-corrected chi connectivity index (χ3v) is 4.11. The zero-order valence-electron chi connectivity index (χ0n) is 11.9. The van der Waals surface area contributed by atoms with Crippen molar-refractivity contribution in [2.45, 2.75) is 31.7 Å². The molecule has 0 amide bonds. The monoisotopic (exact) mass is 281 g/mol. The minimum atomic E-state index is -0.889. The Morgan fingerprint density at radius 1 is 1.05 bits per heavy atom. The van der Waals surface area contributed by atoms with Crippen LogP contribution in [0.25, 0.3) is 0 Å². The zero-order valence-corrected chi connectivity index (χ0v) is 11.9. The largest absolute Gasteiger partial charge is 0.478 e. The second-order valence-electron chi connectivity index (χ2n) is 5.49. The van der Waals surface area contributed by atoms with Gasteiger partial charge in [0, 0.05) is 5.69 Å². The molecular formula is C18H19NO2. The summed E-state index contributed by atoms with van der Waals surface area (Å²) < 4.78 is 0. The van der Waals surface area contributed by atoms with Crippen LogP contribution in [0.1, 0.15) is 46.8 Å². The first kappa shape index (κ1) is 13.7. The third kappa shape index (κ3) is 2.92. The highest BCUT2D eigenvalue weighted by molar-refractivity contribution is 5.94. The van der Waals surface area contributed by atoms with Crippen LogP contribution in [0.4, 0.5) is 5.69 Å². The number of aryl methyl sites for hydroxylation is 1. The van der Waals surface area contributed by atoms with Gasteiger partial charge < -0.3 is 10.4 Å². The highest BCUT2D eigenvalue weighted by Gasteiger charge is 2.20. The Morgan fingerprint density at radius 2 is 1.81 bits per heavy atom. The van der Waals surface area contributed by atoms with Gasteiger partial charge in [-0.3, -0.25) is 0 Å². The Morgan fingerprint density at radius 3 is 2.67 bits per heavy atom. The predicted molar refractivity (Wildman–Crippen MR) is 83.8 cm³/mol. The van der Waals surface area contributed by atoms with Gasteiger partial charge in [-0.1, -0.05) is 42.8 Å². The van der Waals surface area contributed by atoms with Gasteiger partial charge in [-0.25, -0.2) is 4.79 Å². The number of para-hydroxylation sites is 1. The number of hydrogen-bond acceptors (Lipinski definition) is 2. The predicted octanol–water partition coefficient (Wildman–Crippen LogP) is 4.26. The molecule has 3 heteroatoms. The van der Waals surface area contributed by atoms with Gasteiger partial charge in [0.15, 0.2) is 0 Å². The molecule has 0 radical (unpaired) electrons. The summed E-state index contributed by atoms with van der Waals surface area (Å²) in [6.07, 6.45) is 4.48. The Bertz CT molecular complexity index is 651. The van der Waals surface area contributed by atoms with Crippen molar-refractivity contribution in [2.75, 3.05) is 5.32 Å². The summed E-state index contributed by atoms with van der Waals surface area (Å²) >= 11 is 0. The summed E-state index contributed by atoms with van der Waals surface area (Å²) in [4.78, 5) is 11.3. The van der Waals surface area contributed by atoms with Crippen LogP contribution in [0, 0.1) is 0 Å². The SMILES string of the molecule is O=C(O)c1ccccc1NC1CCCCc2ccccc21. The maximum Gasteiger partial charge on any atom is 0.337 e. The first-order valence-electron chi connectivity index (χ1n) is 7.42. The fourth-order valence-electron chi connectivity index (χ4n) is 3.05. The van der Waals surface area contributed by atoms with Crippen LogP contribution in [-0.4, -0.2) is 11.1 Å². The van der Waals surface area contributed by atoms with Gasteiger partial charge in [0.1, 0.15) is 0 Å². The molecule has 0 spiro atoms. The maximum atomic E-state index is 11.3. The number of carboxylic acids is 1. The molecule has 3 nitrogen and oxygen atoms in total. The number of anilines is 1. The van der Waals surface area contributed by atoms with Crippen molar-refractivity contribution < 1.29 is 9.90 Å². The molecule has 108 valence electrons. The fourth-order valence-corrected chi connectivity index (χ4v) is 3.05. The van der Waals surface area contributed by atoms with Gasteiger partial charge in [0.25, 0.3) is 0 Å². The standard InChI is InChI=1S/C18H19NO2/c20-18(21)15-10-4-6-12-17(15)19-16-11-5-2-8-13-7-1-3-9-14(13)16/h1,3-4,6-7,9-10,12,16,19H,2,5,8,11H2,(H,20,21). The molecule has 0 bridgehead atoms. The molecule has 21 heavy (non-hydrogen) atoms. The van der Waals surface area contributed by atoms with Gasteiger partial charge in [0.05, 0.1) is 11.6 Å². The van der Waals surface area contributed by atoms with E-state index in [0.717, 1.165) is 19.3 Å². The number of carbonyl (C=O) groups is 1. The minimum Gasteiger partial charge on any atom is -0.478 e. The highest BCUT2D eigenvalue weighted by Crippen LogP contribution is 2.32. The normalized spacial score (nSPS) is 17.6. The van der Waals surface area contributed by atoms with Gasteiger partial charge >= 0.3 is 5.97 Å². The molecule has 3 rings (SSSR count). The van der Waals surface area contributed by atoms with Crippen molar-refractivity contribution >= 4 is 11.7 Å². The Balaban J connectivity index is 1.93. The van der Waals surface area contributed by atoms with Crippen molar-refractivity contribution in [2.24, 2.45) is 0 Å². The number of fused-ring (bicyclic) bond motifs is 1. The quantitative estimate of drug-likeness (QED) is 0.826. The first-order valence-corrected chi connectivity index (χ1v) is 7.42. The molecule has 2 aromatic rings. The van der Waals surface area contributed by atoms with E-state index in [0.29, 0.717) is 11.3 Å². The number of rotatable bonds is 3. The lowest BCUT2D eigenvalue weighted by atomic mass is 9.98. The van der Waals surface area contributed by atoms with E-state index in [4.69, 9.17) is 0 Å². The van der Waals surface area contributed by atoms with E-state index in [2.05, 4.69) is 29.6 Å². The van der Waals surface area contributed by atoms with E-state index in [1.807, 2.05) is 12.1 Å². The van der Waals surface area contributed by atoms with E-state index in [1.165, 1.54) is 17.5 Å². The zero-order chi connectivity index (χ0) is 14.7. The van der Waals surface area contributed by atoms with Crippen LogP contribution in [0.15, 0.2) is 48.5 Å². The Labute approximate surface area is 124 Å². The summed E-state index contributed by atoms with van der Waals surface area (Å²) in [5.74, 6) is -0.889. The number of hydrogen-bond donors (Lipinski definition) is 2. The second kappa shape index (κ2) is 6.00. The molecule has 1 unspecified atom stereocenters. The van der Waals surface area contributed by atoms with Crippen LogP contribution >= 0.6 is 0 Å². The number of benzene rings is 2.